The van der Waals surface area contributed by atoms with Crippen LogP contribution < -0.4 is 5.56 Å². The zero-order chi connectivity index (χ0) is 12.4. The fraction of sp³-hybridized carbons (Fsp3) is 0.667. The quantitative estimate of drug-likeness (QED) is 0.815. The van der Waals surface area contributed by atoms with Gasteiger partial charge >= 0.3 is 5.97 Å². The zero-order valence-corrected chi connectivity index (χ0v) is 10.0. The highest BCUT2D eigenvalue weighted by atomic mass is 16.4. The molecule has 2 N–H and O–H groups in total. The second-order valence-electron chi connectivity index (χ2n) is 4.58. The monoisotopic (exact) mass is 238 g/mol. The van der Waals surface area contributed by atoms with Crippen molar-refractivity contribution in [1.29, 1.82) is 0 Å². The van der Waals surface area contributed by atoms with Crippen molar-refractivity contribution in [2.45, 2.75) is 51.5 Å². The summed E-state index contributed by atoms with van der Waals surface area (Å²) in [6, 6.07) is 0.298. The molecule has 0 aromatic carbocycles. The summed E-state index contributed by atoms with van der Waals surface area (Å²) >= 11 is 0. The Morgan fingerprint density at radius 1 is 1.53 bits per heavy atom. The van der Waals surface area contributed by atoms with Crippen LogP contribution in [0.4, 0.5) is 0 Å². The lowest BCUT2D eigenvalue weighted by Gasteiger charge is -2.25. The third-order valence-corrected chi connectivity index (χ3v) is 3.48. The molecule has 0 radical (unpaired) electrons. The first kappa shape index (κ1) is 12.0. The molecule has 5 heteroatoms. The molecule has 1 fully saturated rings. The van der Waals surface area contributed by atoms with Crippen molar-refractivity contribution < 1.29 is 9.90 Å². The van der Waals surface area contributed by atoms with E-state index in [4.69, 9.17) is 5.11 Å². The Morgan fingerprint density at radius 2 is 2.24 bits per heavy atom. The maximum absolute atomic E-state index is 12.1. The maximum Gasteiger partial charge on any atom is 0.303 e. The van der Waals surface area contributed by atoms with Gasteiger partial charge in [-0.2, -0.15) is 0 Å². The number of H-pyrrole nitrogens is 1. The summed E-state index contributed by atoms with van der Waals surface area (Å²) in [4.78, 5) is 22.7. The first-order chi connectivity index (χ1) is 8.13. The minimum absolute atomic E-state index is 0.0186. The van der Waals surface area contributed by atoms with Crippen molar-refractivity contribution in [1.82, 2.24) is 9.78 Å². The third-order valence-electron chi connectivity index (χ3n) is 3.48. The summed E-state index contributed by atoms with van der Waals surface area (Å²) in [5.74, 6) is -0.858. The van der Waals surface area contributed by atoms with Gasteiger partial charge in [0.25, 0.3) is 5.56 Å². The summed E-state index contributed by atoms with van der Waals surface area (Å²) < 4.78 is 1.69. The summed E-state index contributed by atoms with van der Waals surface area (Å²) in [5.41, 5.74) is 1.53. The molecule has 17 heavy (non-hydrogen) atoms. The minimum Gasteiger partial charge on any atom is -0.481 e. The van der Waals surface area contributed by atoms with Crippen molar-refractivity contribution in [2.24, 2.45) is 0 Å². The molecule has 1 aliphatic carbocycles. The van der Waals surface area contributed by atoms with Crippen LogP contribution in [0.25, 0.3) is 0 Å². The van der Waals surface area contributed by atoms with Crippen LogP contribution in [-0.4, -0.2) is 20.9 Å². The number of carbonyl (C=O) groups is 1. The largest absolute Gasteiger partial charge is 0.481 e. The normalized spacial score (nSPS) is 15.8. The Hall–Kier alpha value is -1.52. The van der Waals surface area contributed by atoms with Crippen molar-refractivity contribution in [2.75, 3.05) is 0 Å². The fourth-order valence-corrected chi connectivity index (χ4v) is 2.22. The van der Waals surface area contributed by atoms with E-state index in [-0.39, 0.29) is 12.0 Å². The first-order valence-electron chi connectivity index (χ1n) is 6.17. The van der Waals surface area contributed by atoms with Gasteiger partial charge in [0.05, 0.1) is 6.04 Å². The fourth-order valence-electron chi connectivity index (χ4n) is 2.22. The van der Waals surface area contributed by atoms with E-state index in [0.717, 1.165) is 25.0 Å². The van der Waals surface area contributed by atoms with Gasteiger partial charge in [-0.1, -0.05) is 6.92 Å². The van der Waals surface area contributed by atoms with E-state index in [0.29, 0.717) is 18.0 Å². The number of carboxylic acid groups (broad SMARTS) is 1. The van der Waals surface area contributed by atoms with Gasteiger partial charge < -0.3 is 5.11 Å². The van der Waals surface area contributed by atoms with Crippen molar-refractivity contribution in [3.05, 3.63) is 21.6 Å². The zero-order valence-electron chi connectivity index (χ0n) is 10.0. The summed E-state index contributed by atoms with van der Waals surface area (Å²) in [6.45, 7) is 1.97. The highest BCUT2D eigenvalue weighted by Gasteiger charge is 2.24. The molecule has 1 aromatic heterocycles. The Morgan fingerprint density at radius 3 is 2.71 bits per heavy atom. The summed E-state index contributed by atoms with van der Waals surface area (Å²) in [6.07, 6.45) is 4.34. The molecule has 0 bridgehead atoms. The van der Waals surface area contributed by atoms with Gasteiger partial charge in [-0.3, -0.25) is 14.7 Å². The molecule has 1 heterocycles. The lowest BCUT2D eigenvalue weighted by Crippen LogP contribution is -2.28. The van der Waals surface area contributed by atoms with Crippen LogP contribution in [0.5, 0.6) is 0 Å². The molecule has 5 nitrogen and oxygen atoms in total. The van der Waals surface area contributed by atoms with Gasteiger partial charge in [-0.25, -0.2) is 4.68 Å². The van der Waals surface area contributed by atoms with Crippen LogP contribution in [0.1, 0.15) is 49.9 Å². The van der Waals surface area contributed by atoms with Crippen LogP contribution in [0.2, 0.25) is 0 Å². The molecular weight excluding hydrogens is 220 g/mol. The second kappa shape index (κ2) is 4.77. The van der Waals surface area contributed by atoms with E-state index in [2.05, 4.69) is 5.10 Å². The van der Waals surface area contributed by atoms with Gasteiger partial charge in [0, 0.05) is 17.7 Å². The molecule has 0 saturated heterocycles. The van der Waals surface area contributed by atoms with Crippen molar-refractivity contribution >= 4 is 5.97 Å². The lowest BCUT2D eigenvalue weighted by molar-refractivity contribution is -0.136. The standard InChI is InChI=1S/C12H18N2O3/c1-2-10-9(6-7-11(15)16)12(17)14(13-10)8-4-3-5-8/h8,13H,2-7H2,1H3,(H,15,16). The number of nitrogens with zero attached hydrogens (tertiary/aromatic N) is 1. The van der Waals surface area contributed by atoms with Gasteiger partial charge in [-0.15, -0.1) is 0 Å². The maximum atomic E-state index is 12.1. The molecule has 94 valence electrons. The van der Waals surface area contributed by atoms with Gasteiger partial charge in [0.15, 0.2) is 0 Å². The predicted molar refractivity (Wildman–Crippen MR) is 63.3 cm³/mol. The SMILES string of the molecule is CCc1[nH]n(C2CCC2)c(=O)c1CCC(=O)O. The Balaban J connectivity index is 2.25. The molecular formula is C12H18N2O3. The average molecular weight is 238 g/mol. The van der Waals surface area contributed by atoms with Gasteiger partial charge in [0.1, 0.15) is 0 Å². The topological polar surface area (TPSA) is 75.1 Å². The molecule has 0 spiro atoms. The Kier molecular flexibility index (Phi) is 3.36. The second-order valence-corrected chi connectivity index (χ2v) is 4.58. The van der Waals surface area contributed by atoms with Crippen LogP contribution in [0.15, 0.2) is 4.79 Å². The summed E-state index contributed by atoms with van der Waals surface area (Å²) in [5, 5.41) is 11.8. The van der Waals surface area contributed by atoms with E-state index in [1.807, 2.05) is 6.92 Å². The molecule has 1 aliphatic rings. The molecule has 0 unspecified atom stereocenters. The van der Waals surface area contributed by atoms with Crippen LogP contribution in [-0.2, 0) is 17.6 Å². The highest BCUT2D eigenvalue weighted by Crippen LogP contribution is 2.30. The predicted octanol–water partition coefficient (Wildman–Crippen LogP) is 1.48. The number of aryl methyl sites for hydroxylation is 1. The number of carboxylic acids is 1. The number of hydrogen-bond acceptors (Lipinski definition) is 2. The molecule has 0 aliphatic heterocycles. The van der Waals surface area contributed by atoms with Crippen molar-refractivity contribution in [3.63, 3.8) is 0 Å². The number of aromatic amines is 1. The van der Waals surface area contributed by atoms with Crippen LogP contribution >= 0.6 is 0 Å². The highest BCUT2D eigenvalue weighted by molar-refractivity contribution is 5.67. The Labute approximate surface area is 99.4 Å². The molecule has 1 saturated carbocycles. The van der Waals surface area contributed by atoms with Crippen LogP contribution in [0, 0.1) is 0 Å². The minimum atomic E-state index is -0.858. The smallest absolute Gasteiger partial charge is 0.303 e. The molecule has 0 atom stereocenters. The van der Waals surface area contributed by atoms with Crippen LogP contribution in [0.3, 0.4) is 0 Å². The van der Waals surface area contributed by atoms with E-state index in [1.165, 1.54) is 6.42 Å². The number of aliphatic carboxylic acids is 1. The molecule has 2 rings (SSSR count). The summed E-state index contributed by atoms with van der Waals surface area (Å²) in [7, 11) is 0. The van der Waals surface area contributed by atoms with Crippen molar-refractivity contribution in [3.8, 4) is 0 Å². The number of rotatable bonds is 5. The average Bonchev–Trinajstić information content (AvgIpc) is 2.51. The van der Waals surface area contributed by atoms with E-state index >= 15 is 0 Å². The first-order valence-corrected chi connectivity index (χ1v) is 6.17. The van der Waals surface area contributed by atoms with Gasteiger partial charge in [-0.05, 0) is 32.1 Å². The number of hydrogen-bond donors (Lipinski definition) is 2. The van der Waals surface area contributed by atoms with E-state index in [1.54, 1.807) is 4.68 Å². The number of nitrogens with one attached hydrogen (secondary N) is 1. The molecule has 1 aromatic rings. The van der Waals surface area contributed by atoms with Gasteiger partial charge in [0.2, 0.25) is 0 Å². The third kappa shape index (κ3) is 2.28. The van der Waals surface area contributed by atoms with E-state index < -0.39 is 5.97 Å². The lowest BCUT2D eigenvalue weighted by atomic mass is 9.93. The van der Waals surface area contributed by atoms with E-state index in [9.17, 15) is 9.59 Å². The Bertz CT molecular complexity index is 469. The molecule has 0 amide bonds. The number of aromatic nitrogens is 2.